The predicted molar refractivity (Wildman–Crippen MR) is 82.2 cm³/mol. The Kier molecular flexibility index (Phi) is 4.56. The molecular formula is C17H24N2O2. The van der Waals surface area contributed by atoms with E-state index in [-0.39, 0.29) is 0 Å². The lowest BCUT2D eigenvalue weighted by atomic mass is 10.0. The number of rotatable bonds is 4. The molecule has 0 radical (unpaired) electrons. The second-order valence-electron chi connectivity index (χ2n) is 6.16. The maximum Gasteiger partial charge on any atom is 0.325 e. The molecule has 114 valence electrons. The van der Waals surface area contributed by atoms with E-state index in [1.54, 1.807) is 0 Å². The van der Waals surface area contributed by atoms with Gasteiger partial charge in [-0.15, -0.1) is 0 Å². The lowest BCUT2D eigenvalue weighted by Crippen LogP contribution is -2.51. The Morgan fingerprint density at radius 2 is 1.67 bits per heavy atom. The smallest absolute Gasteiger partial charge is 0.325 e. The van der Waals surface area contributed by atoms with Crippen LogP contribution < -0.4 is 0 Å². The van der Waals surface area contributed by atoms with Gasteiger partial charge in [0, 0.05) is 32.2 Å². The zero-order valence-electron chi connectivity index (χ0n) is 12.4. The highest BCUT2D eigenvalue weighted by Gasteiger charge is 2.32. The van der Waals surface area contributed by atoms with Crippen LogP contribution in [0.4, 0.5) is 0 Å². The Balaban J connectivity index is 1.65. The van der Waals surface area contributed by atoms with Crippen molar-refractivity contribution < 1.29 is 9.90 Å². The van der Waals surface area contributed by atoms with Gasteiger partial charge in [-0.05, 0) is 18.4 Å². The molecule has 1 aromatic rings. The zero-order valence-corrected chi connectivity index (χ0v) is 12.4. The number of piperazine rings is 1. The molecule has 3 rings (SSSR count). The molecule has 1 atom stereocenters. The Labute approximate surface area is 126 Å². The normalized spacial score (nSPS) is 23.2. The van der Waals surface area contributed by atoms with Crippen LogP contribution in [0.1, 0.15) is 37.3 Å². The van der Waals surface area contributed by atoms with Crippen LogP contribution in [0.5, 0.6) is 0 Å². The van der Waals surface area contributed by atoms with Crippen molar-refractivity contribution in [3.8, 4) is 0 Å². The summed E-state index contributed by atoms with van der Waals surface area (Å²) in [4.78, 5) is 16.4. The van der Waals surface area contributed by atoms with Gasteiger partial charge >= 0.3 is 5.97 Å². The van der Waals surface area contributed by atoms with Gasteiger partial charge in [-0.25, -0.2) is 0 Å². The number of hydrogen-bond acceptors (Lipinski definition) is 3. The van der Waals surface area contributed by atoms with Crippen LogP contribution in [0.3, 0.4) is 0 Å². The monoisotopic (exact) mass is 288 g/mol. The summed E-state index contributed by atoms with van der Waals surface area (Å²) in [7, 11) is 0. The minimum atomic E-state index is -0.740. The standard InChI is InChI=1S/C17H24N2O2/c20-17(21)16(14-6-2-1-3-7-14)19-12-10-18(11-13-19)15-8-4-5-9-15/h1-3,6-7,15-16H,4-5,8-13H2,(H,20,21). The SMILES string of the molecule is O=C(O)C(c1ccccc1)N1CCN(C2CCCC2)CC1. The zero-order chi connectivity index (χ0) is 14.7. The first-order valence-electron chi connectivity index (χ1n) is 8.01. The number of carboxylic acids is 1. The highest BCUT2D eigenvalue weighted by molar-refractivity contribution is 5.75. The molecule has 1 unspecified atom stereocenters. The fourth-order valence-corrected chi connectivity index (χ4v) is 3.78. The summed E-state index contributed by atoms with van der Waals surface area (Å²) >= 11 is 0. The number of carbonyl (C=O) groups is 1. The average Bonchev–Trinajstić information content (AvgIpc) is 3.03. The number of nitrogens with zero attached hydrogens (tertiary/aromatic N) is 2. The molecule has 1 aromatic carbocycles. The molecule has 4 heteroatoms. The van der Waals surface area contributed by atoms with Gasteiger partial charge in [0.2, 0.25) is 0 Å². The van der Waals surface area contributed by atoms with Crippen LogP contribution in [0, 0.1) is 0 Å². The molecule has 1 N–H and O–H groups in total. The first kappa shape index (κ1) is 14.5. The van der Waals surface area contributed by atoms with Crippen molar-refractivity contribution >= 4 is 5.97 Å². The molecule has 4 nitrogen and oxygen atoms in total. The Hall–Kier alpha value is -1.39. The summed E-state index contributed by atoms with van der Waals surface area (Å²) in [6.07, 6.45) is 5.35. The van der Waals surface area contributed by atoms with Crippen molar-refractivity contribution in [3.63, 3.8) is 0 Å². The fraction of sp³-hybridized carbons (Fsp3) is 0.588. The van der Waals surface area contributed by atoms with E-state index in [9.17, 15) is 9.90 Å². The van der Waals surface area contributed by atoms with Crippen molar-refractivity contribution in [2.24, 2.45) is 0 Å². The van der Waals surface area contributed by atoms with Crippen LogP contribution >= 0.6 is 0 Å². The van der Waals surface area contributed by atoms with Gasteiger partial charge in [0.05, 0.1) is 0 Å². The summed E-state index contributed by atoms with van der Waals surface area (Å²) in [5.74, 6) is -0.740. The summed E-state index contributed by atoms with van der Waals surface area (Å²) < 4.78 is 0. The van der Waals surface area contributed by atoms with E-state index >= 15 is 0 Å². The second-order valence-corrected chi connectivity index (χ2v) is 6.16. The highest BCUT2D eigenvalue weighted by atomic mass is 16.4. The van der Waals surface area contributed by atoms with E-state index in [2.05, 4.69) is 9.80 Å². The molecule has 0 amide bonds. The van der Waals surface area contributed by atoms with Gasteiger partial charge in [0.15, 0.2) is 0 Å². The topological polar surface area (TPSA) is 43.8 Å². The summed E-state index contributed by atoms with van der Waals surface area (Å²) in [6.45, 7) is 3.70. The predicted octanol–water partition coefficient (Wildman–Crippen LogP) is 2.37. The van der Waals surface area contributed by atoms with E-state index in [1.807, 2.05) is 30.3 Å². The van der Waals surface area contributed by atoms with Crippen LogP contribution in [0.15, 0.2) is 30.3 Å². The number of aliphatic carboxylic acids is 1. The highest BCUT2D eigenvalue weighted by Crippen LogP contribution is 2.27. The third-order valence-corrected chi connectivity index (χ3v) is 4.90. The molecule has 2 aliphatic rings. The van der Waals surface area contributed by atoms with E-state index < -0.39 is 12.0 Å². The van der Waals surface area contributed by atoms with Crippen molar-refractivity contribution in [2.45, 2.75) is 37.8 Å². The van der Waals surface area contributed by atoms with Crippen molar-refractivity contribution in [2.75, 3.05) is 26.2 Å². The van der Waals surface area contributed by atoms with Crippen LogP contribution in [-0.4, -0.2) is 53.1 Å². The molecule has 1 heterocycles. The van der Waals surface area contributed by atoms with Gasteiger partial charge < -0.3 is 5.11 Å². The molecule has 2 fully saturated rings. The minimum absolute atomic E-state index is 0.503. The van der Waals surface area contributed by atoms with Gasteiger partial charge in [0.25, 0.3) is 0 Å². The lowest BCUT2D eigenvalue weighted by Gasteiger charge is -2.40. The van der Waals surface area contributed by atoms with Crippen LogP contribution in [0.2, 0.25) is 0 Å². The van der Waals surface area contributed by atoms with Gasteiger partial charge in [-0.2, -0.15) is 0 Å². The number of benzene rings is 1. The van der Waals surface area contributed by atoms with E-state index in [0.29, 0.717) is 0 Å². The number of hydrogen-bond donors (Lipinski definition) is 1. The molecule has 0 bridgehead atoms. The lowest BCUT2D eigenvalue weighted by molar-refractivity contribution is -0.144. The molecular weight excluding hydrogens is 264 g/mol. The molecule has 1 saturated heterocycles. The first-order chi connectivity index (χ1) is 10.3. The summed E-state index contributed by atoms with van der Waals surface area (Å²) in [5.41, 5.74) is 0.888. The number of carboxylic acid groups (broad SMARTS) is 1. The third-order valence-electron chi connectivity index (χ3n) is 4.90. The molecule has 0 spiro atoms. The van der Waals surface area contributed by atoms with E-state index in [0.717, 1.165) is 37.8 Å². The minimum Gasteiger partial charge on any atom is -0.480 e. The van der Waals surface area contributed by atoms with E-state index in [4.69, 9.17) is 0 Å². The first-order valence-corrected chi connectivity index (χ1v) is 8.01. The van der Waals surface area contributed by atoms with Gasteiger partial charge in [0.1, 0.15) is 6.04 Å². The summed E-state index contributed by atoms with van der Waals surface area (Å²) in [5, 5.41) is 9.60. The third kappa shape index (κ3) is 3.27. The van der Waals surface area contributed by atoms with Gasteiger partial charge in [-0.3, -0.25) is 14.6 Å². The van der Waals surface area contributed by atoms with Crippen LogP contribution in [-0.2, 0) is 4.79 Å². The van der Waals surface area contributed by atoms with Gasteiger partial charge in [-0.1, -0.05) is 43.2 Å². The Morgan fingerprint density at radius 3 is 2.24 bits per heavy atom. The van der Waals surface area contributed by atoms with Crippen LogP contribution in [0.25, 0.3) is 0 Å². The molecule has 1 aliphatic heterocycles. The average molecular weight is 288 g/mol. The maximum atomic E-state index is 11.7. The molecule has 1 aliphatic carbocycles. The molecule has 1 saturated carbocycles. The van der Waals surface area contributed by atoms with Crippen molar-refractivity contribution in [3.05, 3.63) is 35.9 Å². The molecule has 21 heavy (non-hydrogen) atoms. The largest absolute Gasteiger partial charge is 0.480 e. The summed E-state index contributed by atoms with van der Waals surface area (Å²) in [6, 6.07) is 9.84. The molecule has 0 aromatic heterocycles. The Morgan fingerprint density at radius 1 is 1.05 bits per heavy atom. The van der Waals surface area contributed by atoms with E-state index in [1.165, 1.54) is 25.7 Å². The Bertz CT molecular complexity index is 463. The van der Waals surface area contributed by atoms with Crippen molar-refractivity contribution in [1.29, 1.82) is 0 Å². The second kappa shape index (κ2) is 6.58. The maximum absolute atomic E-state index is 11.7. The fourth-order valence-electron chi connectivity index (χ4n) is 3.78. The van der Waals surface area contributed by atoms with Crippen molar-refractivity contribution in [1.82, 2.24) is 9.80 Å². The quantitative estimate of drug-likeness (QED) is 0.924.